The van der Waals surface area contributed by atoms with Crippen LogP contribution in [-0.4, -0.2) is 31.0 Å². The van der Waals surface area contributed by atoms with E-state index >= 15 is 0 Å². The molecule has 2 aromatic rings. The SMILES string of the molecule is O=S(=O)(O)Oc1ccc(C=Cc2cc(O)cc(OS(=O)(=O)O)c2)cc1. The molecule has 0 saturated carbocycles. The molecule has 0 bridgehead atoms. The summed E-state index contributed by atoms with van der Waals surface area (Å²) in [6.07, 6.45) is 3.08. The normalized spacial score (nSPS) is 12.2. The molecule has 0 heterocycles. The van der Waals surface area contributed by atoms with Gasteiger partial charge in [-0.1, -0.05) is 24.3 Å². The van der Waals surface area contributed by atoms with Crippen LogP contribution in [0.5, 0.6) is 17.2 Å². The largest absolute Gasteiger partial charge is 0.508 e. The lowest BCUT2D eigenvalue weighted by atomic mass is 10.1. The van der Waals surface area contributed by atoms with Crippen LogP contribution in [0.4, 0.5) is 0 Å². The standard InChI is InChI=1S/C14H12O9S2/c15-12-7-11(8-14(9-12)23-25(19,20)21)2-1-10-3-5-13(6-4-10)22-24(16,17)18/h1-9,15H,(H,16,17,18)(H,19,20,21). The average Bonchev–Trinajstić information content (AvgIpc) is 2.42. The molecule has 0 amide bonds. The molecule has 2 aromatic carbocycles. The monoisotopic (exact) mass is 388 g/mol. The smallest absolute Gasteiger partial charge is 0.446 e. The summed E-state index contributed by atoms with van der Waals surface area (Å²) in [5.41, 5.74) is 0.986. The first-order valence-corrected chi connectivity index (χ1v) is 9.19. The Morgan fingerprint density at radius 3 is 1.80 bits per heavy atom. The molecule has 3 N–H and O–H groups in total. The summed E-state index contributed by atoms with van der Waals surface area (Å²) in [4.78, 5) is 0. The molecule has 0 unspecified atom stereocenters. The Balaban J connectivity index is 2.18. The zero-order chi connectivity index (χ0) is 18.7. The van der Waals surface area contributed by atoms with Crippen LogP contribution < -0.4 is 8.37 Å². The molecule has 0 aliphatic carbocycles. The second kappa shape index (κ2) is 7.11. The van der Waals surface area contributed by atoms with Crippen molar-refractivity contribution in [1.29, 1.82) is 0 Å². The van der Waals surface area contributed by atoms with Gasteiger partial charge in [-0.3, -0.25) is 9.11 Å². The fraction of sp³-hybridized carbons (Fsp3) is 0. The van der Waals surface area contributed by atoms with Crippen molar-refractivity contribution < 1.29 is 39.4 Å². The maximum atomic E-state index is 10.7. The number of rotatable bonds is 6. The van der Waals surface area contributed by atoms with Crippen molar-refractivity contribution in [3.8, 4) is 17.2 Å². The van der Waals surface area contributed by atoms with Gasteiger partial charge in [0.05, 0.1) is 0 Å². The summed E-state index contributed by atoms with van der Waals surface area (Å²) >= 11 is 0. The van der Waals surface area contributed by atoms with Crippen molar-refractivity contribution in [3.63, 3.8) is 0 Å². The summed E-state index contributed by atoms with van der Waals surface area (Å²) in [6, 6.07) is 9.20. The molecule has 0 atom stereocenters. The molecule has 0 fully saturated rings. The van der Waals surface area contributed by atoms with Gasteiger partial charge in [0.1, 0.15) is 17.2 Å². The Morgan fingerprint density at radius 2 is 1.24 bits per heavy atom. The number of phenols is 1. The van der Waals surface area contributed by atoms with Gasteiger partial charge in [-0.15, -0.1) is 0 Å². The minimum atomic E-state index is -4.72. The van der Waals surface area contributed by atoms with Crippen LogP contribution in [0.1, 0.15) is 11.1 Å². The van der Waals surface area contributed by atoms with Crippen molar-refractivity contribution in [2.24, 2.45) is 0 Å². The lowest BCUT2D eigenvalue weighted by Crippen LogP contribution is -2.06. The molecule has 0 aromatic heterocycles. The van der Waals surface area contributed by atoms with Crippen molar-refractivity contribution in [1.82, 2.24) is 0 Å². The third-order valence-electron chi connectivity index (χ3n) is 2.67. The Kier molecular flexibility index (Phi) is 5.33. The van der Waals surface area contributed by atoms with Gasteiger partial charge in [0.25, 0.3) is 0 Å². The van der Waals surface area contributed by atoms with Gasteiger partial charge >= 0.3 is 20.8 Å². The number of hydrogen-bond donors (Lipinski definition) is 3. The molecule has 9 nitrogen and oxygen atoms in total. The van der Waals surface area contributed by atoms with Crippen LogP contribution in [0.3, 0.4) is 0 Å². The summed E-state index contributed by atoms with van der Waals surface area (Å²) in [5, 5.41) is 9.55. The highest BCUT2D eigenvalue weighted by atomic mass is 32.3. The van der Waals surface area contributed by atoms with Gasteiger partial charge in [0.15, 0.2) is 0 Å². The van der Waals surface area contributed by atoms with Gasteiger partial charge in [-0.05, 0) is 35.4 Å². The molecule has 134 valence electrons. The third-order valence-corrected chi connectivity index (χ3v) is 3.47. The molecule has 0 spiro atoms. The van der Waals surface area contributed by atoms with E-state index in [1.54, 1.807) is 6.08 Å². The highest BCUT2D eigenvalue weighted by molar-refractivity contribution is 7.81. The van der Waals surface area contributed by atoms with E-state index in [4.69, 9.17) is 9.11 Å². The predicted molar refractivity (Wildman–Crippen MR) is 87.8 cm³/mol. The van der Waals surface area contributed by atoms with Crippen molar-refractivity contribution in [3.05, 3.63) is 53.6 Å². The third kappa shape index (κ3) is 6.81. The van der Waals surface area contributed by atoms with Gasteiger partial charge in [0, 0.05) is 6.07 Å². The van der Waals surface area contributed by atoms with E-state index in [1.807, 2.05) is 0 Å². The van der Waals surface area contributed by atoms with Gasteiger partial charge in [-0.25, -0.2) is 0 Å². The zero-order valence-electron chi connectivity index (χ0n) is 12.3. The quantitative estimate of drug-likeness (QED) is 0.498. The molecule has 0 aliphatic rings. The van der Waals surface area contributed by atoms with E-state index in [9.17, 15) is 21.9 Å². The summed E-state index contributed by atoms with van der Waals surface area (Å²) in [5.74, 6) is -0.641. The van der Waals surface area contributed by atoms with Crippen molar-refractivity contribution >= 4 is 33.0 Å². The van der Waals surface area contributed by atoms with Crippen LogP contribution in [0.25, 0.3) is 12.2 Å². The molecule has 0 radical (unpaired) electrons. The predicted octanol–water partition coefficient (Wildman–Crippen LogP) is 1.93. The highest BCUT2D eigenvalue weighted by Crippen LogP contribution is 2.24. The maximum Gasteiger partial charge on any atom is 0.446 e. The van der Waals surface area contributed by atoms with Crippen LogP contribution in [-0.2, 0) is 20.8 Å². The van der Waals surface area contributed by atoms with E-state index in [-0.39, 0.29) is 17.2 Å². The topological polar surface area (TPSA) is 147 Å². The van der Waals surface area contributed by atoms with Crippen molar-refractivity contribution in [2.45, 2.75) is 0 Å². The summed E-state index contributed by atoms with van der Waals surface area (Å²) in [6.45, 7) is 0. The zero-order valence-corrected chi connectivity index (χ0v) is 13.9. The van der Waals surface area contributed by atoms with E-state index in [1.165, 1.54) is 42.5 Å². The van der Waals surface area contributed by atoms with E-state index in [2.05, 4.69) is 8.37 Å². The maximum absolute atomic E-state index is 10.7. The molecule has 25 heavy (non-hydrogen) atoms. The Morgan fingerprint density at radius 1 is 0.720 bits per heavy atom. The lowest BCUT2D eigenvalue weighted by Gasteiger charge is -2.04. The summed E-state index contributed by atoms with van der Waals surface area (Å²) in [7, 11) is -9.32. The van der Waals surface area contributed by atoms with E-state index < -0.39 is 20.8 Å². The second-order valence-corrected chi connectivity index (χ2v) is 6.73. The average molecular weight is 388 g/mol. The molecular weight excluding hydrogens is 376 g/mol. The molecule has 11 heteroatoms. The first-order chi connectivity index (χ1) is 11.5. The molecular formula is C14H12O9S2. The Hall–Kier alpha value is -2.60. The van der Waals surface area contributed by atoms with Crippen LogP contribution >= 0.6 is 0 Å². The number of benzene rings is 2. The van der Waals surface area contributed by atoms with Crippen LogP contribution in [0.2, 0.25) is 0 Å². The minimum Gasteiger partial charge on any atom is -0.508 e. The molecule has 0 aliphatic heterocycles. The number of hydrogen-bond acceptors (Lipinski definition) is 7. The van der Waals surface area contributed by atoms with Gasteiger partial charge < -0.3 is 13.5 Å². The Labute approximate surface area is 143 Å². The van der Waals surface area contributed by atoms with Gasteiger partial charge in [-0.2, -0.15) is 16.8 Å². The van der Waals surface area contributed by atoms with Crippen molar-refractivity contribution in [2.75, 3.05) is 0 Å². The lowest BCUT2D eigenvalue weighted by molar-refractivity contribution is 0.383. The highest BCUT2D eigenvalue weighted by Gasteiger charge is 2.09. The molecule has 2 rings (SSSR count). The Bertz CT molecular complexity index is 991. The second-order valence-electron chi connectivity index (χ2n) is 4.68. The summed E-state index contributed by atoms with van der Waals surface area (Å²) < 4.78 is 68.3. The fourth-order valence-corrected chi connectivity index (χ4v) is 2.51. The minimum absolute atomic E-state index is 0.0826. The van der Waals surface area contributed by atoms with E-state index in [0.717, 1.165) is 6.07 Å². The first-order valence-electron chi connectivity index (χ1n) is 6.46. The van der Waals surface area contributed by atoms with Crippen LogP contribution in [0.15, 0.2) is 42.5 Å². The fourth-order valence-electron chi connectivity index (χ4n) is 1.82. The van der Waals surface area contributed by atoms with Crippen LogP contribution in [0, 0.1) is 0 Å². The van der Waals surface area contributed by atoms with Gasteiger partial charge in [0.2, 0.25) is 0 Å². The first kappa shape index (κ1) is 18.7. The molecule has 0 saturated heterocycles. The van der Waals surface area contributed by atoms with E-state index in [0.29, 0.717) is 11.1 Å². The number of aromatic hydroxyl groups is 1. The number of phenolic OH excluding ortho intramolecular Hbond substituents is 1.